The number of rotatable bonds is 4. The Morgan fingerprint density at radius 2 is 1.80 bits per heavy atom. The Balaban J connectivity index is 2.09. The van der Waals surface area contributed by atoms with Crippen molar-refractivity contribution in [3.05, 3.63) is 53.3 Å². The number of benzene rings is 1. The lowest BCUT2D eigenvalue weighted by Gasteiger charge is -2.13. The molecule has 20 heavy (non-hydrogen) atoms. The van der Waals surface area contributed by atoms with E-state index in [1.807, 2.05) is 0 Å². The molecule has 1 aromatic carbocycles. The van der Waals surface area contributed by atoms with Gasteiger partial charge in [-0.3, -0.25) is 0 Å². The Bertz CT molecular complexity index is 590. The van der Waals surface area contributed by atoms with E-state index >= 15 is 0 Å². The second kappa shape index (κ2) is 6.00. The van der Waals surface area contributed by atoms with Crippen LogP contribution in [0.2, 0.25) is 5.15 Å². The number of nitrogens with zero attached hydrogens (tertiary/aromatic N) is 1. The van der Waals surface area contributed by atoms with Gasteiger partial charge in [-0.1, -0.05) is 23.7 Å². The number of aromatic nitrogens is 1. The van der Waals surface area contributed by atoms with Crippen LogP contribution < -0.4 is 9.47 Å². The third-order valence-electron chi connectivity index (χ3n) is 2.26. The zero-order valence-electron chi connectivity index (χ0n) is 10.0. The molecule has 106 valence electrons. The summed E-state index contributed by atoms with van der Waals surface area (Å²) in [6, 6.07) is 8.77. The van der Waals surface area contributed by atoms with Crippen LogP contribution in [0.5, 0.6) is 11.5 Å². The Hall–Kier alpha value is -1.95. The van der Waals surface area contributed by atoms with Crippen LogP contribution in [-0.4, -0.2) is 11.3 Å². The van der Waals surface area contributed by atoms with E-state index in [1.54, 1.807) is 18.2 Å². The highest BCUT2D eigenvalue weighted by Crippen LogP contribution is 2.32. The van der Waals surface area contributed by atoms with Crippen LogP contribution in [0.15, 0.2) is 42.6 Å². The van der Waals surface area contributed by atoms with E-state index in [2.05, 4.69) is 9.72 Å². The quantitative estimate of drug-likeness (QED) is 0.793. The highest BCUT2D eigenvalue weighted by molar-refractivity contribution is 6.29. The molecule has 0 fully saturated rings. The zero-order valence-corrected chi connectivity index (χ0v) is 10.8. The minimum absolute atomic E-state index is 0.00207. The van der Waals surface area contributed by atoms with E-state index in [1.165, 1.54) is 24.4 Å². The first kappa shape index (κ1) is 14.5. The molecule has 0 N–H and O–H groups in total. The van der Waals surface area contributed by atoms with E-state index < -0.39 is 6.36 Å². The average Bonchev–Trinajstić information content (AvgIpc) is 2.36. The smallest absolute Gasteiger partial charge is 0.485 e. The maximum Gasteiger partial charge on any atom is 0.573 e. The summed E-state index contributed by atoms with van der Waals surface area (Å²) in [6.45, 7) is 0.0560. The van der Waals surface area contributed by atoms with Crippen molar-refractivity contribution in [3.63, 3.8) is 0 Å². The van der Waals surface area contributed by atoms with Gasteiger partial charge in [-0.15, -0.1) is 13.2 Å². The van der Waals surface area contributed by atoms with Crippen LogP contribution in [0.3, 0.4) is 0 Å². The summed E-state index contributed by atoms with van der Waals surface area (Å²) >= 11 is 5.70. The van der Waals surface area contributed by atoms with Gasteiger partial charge in [0.1, 0.15) is 11.8 Å². The number of hydrogen-bond donors (Lipinski definition) is 0. The molecular weight excluding hydrogens is 295 g/mol. The summed E-state index contributed by atoms with van der Waals surface area (Å²) < 4.78 is 45.9. The molecular formula is C13H9ClF3NO2. The monoisotopic (exact) mass is 303 g/mol. The summed E-state index contributed by atoms with van der Waals surface area (Å²) in [7, 11) is 0. The molecule has 0 radical (unpaired) electrons. The largest absolute Gasteiger partial charge is 0.573 e. The van der Waals surface area contributed by atoms with Crippen LogP contribution in [0.4, 0.5) is 13.2 Å². The number of ether oxygens (including phenoxy) is 2. The van der Waals surface area contributed by atoms with Crippen molar-refractivity contribution >= 4 is 11.6 Å². The molecule has 2 aromatic rings. The van der Waals surface area contributed by atoms with Crippen molar-refractivity contribution < 1.29 is 22.6 Å². The first-order valence-electron chi connectivity index (χ1n) is 5.52. The first-order valence-corrected chi connectivity index (χ1v) is 5.90. The number of alkyl halides is 3. The van der Waals surface area contributed by atoms with Crippen molar-refractivity contribution in [2.24, 2.45) is 0 Å². The van der Waals surface area contributed by atoms with Gasteiger partial charge >= 0.3 is 6.36 Å². The van der Waals surface area contributed by atoms with Crippen molar-refractivity contribution in [1.29, 1.82) is 0 Å². The second-order valence-corrected chi connectivity index (χ2v) is 4.16. The molecule has 0 aliphatic rings. The van der Waals surface area contributed by atoms with Gasteiger partial charge in [0.05, 0.1) is 0 Å². The SMILES string of the molecule is FC(F)(F)Oc1ccccc1OCc1ccnc(Cl)c1. The topological polar surface area (TPSA) is 31.4 Å². The predicted molar refractivity (Wildman–Crippen MR) is 66.7 cm³/mol. The summed E-state index contributed by atoms with van der Waals surface area (Å²) in [5, 5.41) is 0.283. The van der Waals surface area contributed by atoms with E-state index in [4.69, 9.17) is 16.3 Å². The molecule has 0 saturated heterocycles. The lowest BCUT2D eigenvalue weighted by Crippen LogP contribution is -2.17. The lowest BCUT2D eigenvalue weighted by atomic mass is 10.3. The fraction of sp³-hybridized carbons (Fsp3) is 0.154. The van der Waals surface area contributed by atoms with E-state index in [0.29, 0.717) is 5.56 Å². The molecule has 0 atom stereocenters. The molecule has 0 spiro atoms. The zero-order chi connectivity index (χ0) is 14.6. The van der Waals surface area contributed by atoms with Gasteiger partial charge in [0.15, 0.2) is 11.5 Å². The highest BCUT2D eigenvalue weighted by Gasteiger charge is 2.32. The Labute approximate surface area is 117 Å². The standard InChI is InChI=1S/C13H9ClF3NO2/c14-12-7-9(5-6-18-12)8-19-10-3-1-2-4-11(10)20-13(15,16)17/h1-7H,8H2. The lowest BCUT2D eigenvalue weighted by molar-refractivity contribution is -0.275. The van der Waals surface area contributed by atoms with Crippen molar-refractivity contribution in [1.82, 2.24) is 4.98 Å². The van der Waals surface area contributed by atoms with E-state index in [9.17, 15) is 13.2 Å². The van der Waals surface area contributed by atoms with Gasteiger partial charge in [-0.2, -0.15) is 0 Å². The van der Waals surface area contributed by atoms with Crippen LogP contribution in [0.1, 0.15) is 5.56 Å². The number of hydrogen-bond acceptors (Lipinski definition) is 3. The fourth-order valence-corrected chi connectivity index (χ4v) is 1.67. The summed E-state index contributed by atoms with van der Waals surface area (Å²) in [5.74, 6) is -0.391. The van der Waals surface area contributed by atoms with Crippen LogP contribution in [0.25, 0.3) is 0 Å². The normalized spacial score (nSPS) is 11.2. The molecule has 0 bridgehead atoms. The molecule has 1 heterocycles. The number of halogens is 4. The fourth-order valence-electron chi connectivity index (χ4n) is 1.47. The van der Waals surface area contributed by atoms with Gasteiger partial charge < -0.3 is 9.47 Å². The average molecular weight is 304 g/mol. The Morgan fingerprint density at radius 3 is 2.45 bits per heavy atom. The molecule has 2 rings (SSSR count). The van der Waals surface area contributed by atoms with Gasteiger partial charge in [-0.05, 0) is 29.8 Å². The van der Waals surface area contributed by atoms with Gasteiger partial charge in [0.25, 0.3) is 0 Å². The van der Waals surface area contributed by atoms with E-state index in [0.717, 1.165) is 0 Å². The minimum Gasteiger partial charge on any atom is -0.485 e. The summed E-state index contributed by atoms with van der Waals surface area (Å²) in [5.41, 5.74) is 0.687. The molecule has 0 aliphatic heterocycles. The predicted octanol–water partition coefficient (Wildman–Crippen LogP) is 4.21. The third-order valence-corrected chi connectivity index (χ3v) is 2.47. The number of pyridine rings is 1. The second-order valence-electron chi connectivity index (χ2n) is 3.77. The third kappa shape index (κ3) is 4.31. The van der Waals surface area contributed by atoms with Gasteiger partial charge in [-0.25, -0.2) is 4.98 Å². The minimum atomic E-state index is -4.76. The summed E-state index contributed by atoms with van der Waals surface area (Å²) in [4.78, 5) is 3.80. The maximum atomic E-state index is 12.2. The van der Waals surface area contributed by atoms with Crippen molar-refractivity contribution in [2.75, 3.05) is 0 Å². The first-order chi connectivity index (χ1) is 9.44. The Morgan fingerprint density at radius 1 is 1.10 bits per heavy atom. The molecule has 3 nitrogen and oxygen atoms in total. The van der Waals surface area contributed by atoms with Gasteiger partial charge in [0.2, 0.25) is 0 Å². The molecule has 0 amide bonds. The Kier molecular flexibility index (Phi) is 4.34. The van der Waals surface area contributed by atoms with Crippen molar-refractivity contribution in [3.8, 4) is 11.5 Å². The summed E-state index contributed by atoms with van der Waals surface area (Å²) in [6.07, 6.45) is -3.28. The van der Waals surface area contributed by atoms with Crippen LogP contribution in [-0.2, 0) is 6.61 Å². The van der Waals surface area contributed by atoms with Crippen LogP contribution >= 0.6 is 11.6 Å². The van der Waals surface area contributed by atoms with Gasteiger partial charge in [0, 0.05) is 6.20 Å². The maximum absolute atomic E-state index is 12.2. The van der Waals surface area contributed by atoms with Crippen molar-refractivity contribution in [2.45, 2.75) is 13.0 Å². The molecule has 0 aliphatic carbocycles. The molecule has 0 saturated carbocycles. The van der Waals surface area contributed by atoms with Crippen LogP contribution in [0, 0.1) is 0 Å². The molecule has 0 unspecified atom stereocenters. The molecule has 7 heteroatoms. The molecule has 1 aromatic heterocycles. The van der Waals surface area contributed by atoms with E-state index in [-0.39, 0.29) is 23.3 Å². The number of para-hydroxylation sites is 2. The highest BCUT2D eigenvalue weighted by atomic mass is 35.5.